The van der Waals surface area contributed by atoms with Crippen LogP contribution in [0.1, 0.15) is 42.9 Å². The van der Waals surface area contributed by atoms with Gasteiger partial charge in [-0.3, -0.25) is 4.79 Å². The van der Waals surface area contributed by atoms with Crippen molar-refractivity contribution in [1.82, 2.24) is 19.9 Å². The maximum absolute atomic E-state index is 12.5. The number of para-hydroxylation sites is 1. The van der Waals surface area contributed by atoms with E-state index >= 15 is 0 Å². The predicted molar refractivity (Wildman–Crippen MR) is 102 cm³/mol. The molecule has 1 saturated heterocycles. The third kappa shape index (κ3) is 3.62. The van der Waals surface area contributed by atoms with Gasteiger partial charge in [-0.2, -0.15) is 0 Å². The number of nitrogens with one attached hydrogen (secondary N) is 1. The highest BCUT2D eigenvalue weighted by atomic mass is 16.2. The number of aromatic amines is 1. The Kier molecular flexibility index (Phi) is 4.95. The molecule has 1 aromatic carbocycles. The molecule has 134 valence electrons. The van der Waals surface area contributed by atoms with E-state index in [2.05, 4.69) is 39.3 Å². The fourth-order valence-electron chi connectivity index (χ4n) is 3.89. The lowest BCUT2D eigenvalue weighted by Crippen LogP contribution is -2.38. The Hall–Kier alpha value is -2.69. The lowest BCUT2D eigenvalue weighted by Gasteiger charge is -2.31. The molecule has 1 amide bonds. The van der Waals surface area contributed by atoms with Gasteiger partial charge in [-0.1, -0.05) is 18.2 Å². The molecule has 0 bridgehead atoms. The van der Waals surface area contributed by atoms with Gasteiger partial charge in [0.15, 0.2) is 0 Å². The fourth-order valence-corrected chi connectivity index (χ4v) is 3.89. The summed E-state index contributed by atoms with van der Waals surface area (Å²) in [5, 5.41) is 1.27. The van der Waals surface area contributed by atoms with Crippen molar-refractivity contribution in [3.8, 4) is 0 Å². The molecule has 0 saturated carbocycles. The lowest BCUT2D eigenvalue weighted by atomic mass is 9.93. The second-order valence-corrected chi connectivity index (χ2v) is 7.00. The van der Waals surface area contributed by atoms with Crippen LogP contribution in [-0.2, 0) is 11.2 Å². The maximum Gasteiger partial charge on any atom is 0.222 e. The van der Waals surface area contributed by atoms with Crippen LogP contribution in [0.25, 0.3) is 10.9 Å². The molecule has 26 heavy (non-hydrogen) atoms. The van der Waals surface area contributed by atoms with E-state index in [4.69, 9.17) is 0 Å². The smallest absolute Gasteiger partial charge is 0.222 e. The van der Waals surface area contributed by atoms with Crippen LogP contribution in [0, 0.1) is 0 Å². The molecule has 0 spiro atoms. The van der Waals surface area contributed by atoms with E-state index in [0.29, 0.717) is 12.3 Å². The number of hydrogen-bond donors (Lipinski definition) is 1. The van der Waals surface area contributed by atoms with Gasteiger partial charge in [0.1, 0.15) is 6.33 Å². The van der Waals surface area contributed by atoms with Gasteiger partial charge >= 0.3 is 0 Å². The first-order valence-corrected chi connectivity index (χ1v) is 9.40. The Balaban J connectivity index is 1.26. The summed E-state index contributed by atoms with van der Waals surface area (Å²) in [5.41, 5.74) is 3.57. The Labute approximate surface area is 153 Å². The summed E-state index contributed by atoms with van der Waals surface area (Å²) < 4.78 is 0. The molecule has 3 heterocycles. The van der Waals surface area contributed by atoms with E-state index in [9.17, 15) is 4.79 Å². The molecule has 2 aromatic heterocycles. The number of aromatic nitrogens is 3. The standard InChI is InChI=1S/C21H24N4O/c26-21(7-3-4-17-14-23-20-6-2-1-5-18(17)20)25-12-9-16(10-13-25)19-8-11-22-15-24-19/h1-2,5-6,8,11,14-16,23H,3-4,7,9-10,12-13H2. The highest BCUT2D eigenvalue weighted by Crippen LogP contribution is 2.26. The lowest BCUT2D eigenvalue weighted by molar-refractivity contribution is -0.132. The number of nitrogens with zero attached hydrogens (tertiary/aromatic N) is 3. The van der Waals surface area contributed by atoms with Crippen molar-refractivity contribution in [2.24, 2.45) is 0 Å². The zero-order valence-electron chi connectivity index (χ0n) is 14.9. The Morgan fingerprint density at radius 2 is 2.04 bits per heavy atom. The zero-order chi connectivity index (χ0) is 17.8. The minimum absolute atomic E-state index is 0.283. The van der Waals surface area contributed by atoms with E-state index in [-0.39, 0.29) is 5.91 Å². The summed E-state index contributed by atoms with van der Waals surface area (Å²) in [6, 6.07) is 10.3. The molecule has 1 aliphatic rings. The summed E-state index contributed by atoms with van der Waals surface area (Å²) in [6.07, 6.45) is 9.91. The van der Waals surface area contributed by atoms with Crippen LogP contribution in [-0.4, -0.2) is 38.8 Å². The van der Waals surface area contributed by atoms with E-state index < -0.39 is 0 Å². The summed E-state index contributed by atoms with van der Waals surface area (Å²) in [7, 11) is 0. The first-order valence-electron chi connectivity index (χ1n) is 9.40. The van der Waals surface area contributed by atoms with E-state index in [1.54, 1.807) is 12.5 Å². The van der Waals surface area contributed by atoms with E-state index in [1.165, 1.54) is 16.5 Å². The van der Waals surface area contributed by atoms with Crippen molar-refractivity contribution in [2.75, 3.05) is 13.1 Å². The third-order valence-electron chi connectivity index (χ3n) is 5.38. The zero-order valence-corrected chi connectivity index (χ0v) is 14.9. The molecular formula is C21H24N4O. The highest BCUT2D eigenvalue weighted by molar-refractivity contribution is 5.83. The number of rotatable bonds is 5. The van der Waals surface area contributed by atoms with Crippen LogP contribution in [0.5, 0.6) is 0 Å². The number of piperidine rings is 1. The Morgan fingerprint density at radius 3 is 2.85 bits per heavy atom. The SMILES string of the molecule is O=C(CCCc1c[nH]c2ccccc12)N1CCC(c2ccncn2)CC1. The van der Waals surface area contributed by atoms with Crippen LogP contribution in [0.3, 0.4) is 0 Å². The molecule has 1 fully saturated rings. The summed E-state index contributed by atoms with van der Waals surface area (Å²) >= 11 is 0. The van der Waals surface area contributed by atoms with Gasteiger partial charge in [-0.25, -0.2) is 9.97 Å². The number of aryl methyl sites for hydroxylation is 1. The van der Waals surface area contributed by atoms with Crippen LogP contribution in [0.2, 0.25) is 0 Å². The van der Waals surface area contributed by atoms with Gasteiger partial charge in [0.2, 0.25) is 5.91 Å². The molecule has 0 aliphatic carbocycles. The molecule has 0 unspecified atom stereocenters. The minimum atomic E-state index is 0.283. The monoisotopic (exact) mass is 348 g/mol. The van der Waals surface area contributed by atoms with Crippen LogP contribution >= 0.6 is 0 Å². The molecule has 5 nitrogen and oxygen atoms in total. The van der Waals surface area contributed by atoms with Gasteiger partial charge in [0.25, 0.3) is 0 Å². The summed E-state index contributed by atoms with van der Waals surface area (Å²) in [6.45, 7) is 1.67. The van der Waals surface area contributed by atoms with Crippen LogP contribution < -0.4 is 0 Å². The minimum Gasteiger partial charge on any atom is -0.361 e. The Morgan fingerprint density at radius 1 is 1.19 bits per heavy atom. The Bertz CT molecular complexity index is 866. The number of amides is 1. The van der Waals surface area contributed by atoms with E-state index in [0.717, 1.165) is 44.5 Å². The van der Waals surface area contributed by atoms with Gasteiger partial charge in [0, 0.05) is 54.4 Å². The fraction of sp³-hybridized carbons (Fsp3) is 0.381. The molecule has 0 atom stereocenters. The van der Waals surface area contributed by atoms with Crippen molar-refractivity contribution >= 4 is 16.8 Å². The number of likely N-dealkylation sites (tertiary alicyclic amines) is 1. The number of carbonyl (C=O) groups is 1. The molecular weight excluding hydrogens is 324 g/mol. The third-order valence-corrected chi connectivity index (χ3v) is 5.38. The number of H-pyrrole nitrogens is 1. The van der Waals surface area contributed by atoms with E-state index in [1.807, 2.05) is 17.0 Å². The van der Waals surface area contributed by atoms with Crippen LogP contribution in [0.4, 0.5) is 0 Å². The summed E-state index contributed by atoms with van der Waals surface area (Å²) in [5.74, 6) is 0.735. The second-order valence-electron chi connectivity index (χ2n) is 7.00. The molecule has 5 heteroatoms. The van der Waals surface area contributed by atoms with Gasteiger partial charge in [-0.15, -0.1) is 0 Å². The average Bonchev–Trinajstić information content (AvgIpc) is 3.12. The highest BCUT2D eigenvalue weighted by Gasteiger charge is 2.24. The average molecular weight is 348 g/mol. The van der Waals surface area contributed by atoms with Crippen LogP contribution in [0.15, 0.2) is 49.1 Å². The molecule has 1 N–H and O–H groups in total. The van der Waals surface area contributed by atoms with Crippen molar-refractivity contribution in [1.29, 1.82) is 0 Å². The van der Waals surface area contributed by atoms with Crippen molar-refractivity contribution in [3.63, 3.8) is 0 Å². The summed E-state index contributed by atoms with van der Waals surface area (Å²) in [4.78, 5) is 26.2. The first-order chi connectivity index (χ1) is 12.8. The quantitative estimate of drug-likeness (QED) is 0.765. The maximum atomic E-state index is 12.5. The van der Waals surface area contributed by atoms with Gasteiger partial charge in [-0.05, 0) is 43.4 Å². The number of fused-ring (bicyclic) bond motifs is 1. The van der Waals surface area contributed by atoms with Crippen molar-refractivity contribution in [3.05, 3.63) is 60.3 Å². The number of carbonyl (C=O) groups excluding carboxylic acids is 1. The molecule has 0 radical (unpaired) electrons. The number of hydrogen-bond acceptors (Lipinski definition) is 3. The normalized spacial score (nSPS) is 15.5. The molecule has 4 rings (SSSR count). The van der Waals surface area contributed by atoms with Gasteiger partial charge < -0.3 is 9.88 Å². The largest absolute Gasteiger partial charge is 0.361 e. The topological polar surface area (TPSA) is 61.9 Å². The van der Waals surface area contributed by atoms with Crippen molar-refractivity contribution < 1.29 is 4.79 Å². The second kappa shape index (κ2) is 7.68. The number of benzene rings is 1. The van der Waals surface area contributed by atoms with Crippen molar-refractivity contribution in [2.45, 2.75) is 38.0 Å². The molecule has 3 aromatic rings. The first kappa shape index (κ1) is 16.8. The molecule has 1 aliphatic heterocycles. The predicted octanol–water partition coefficient (Wildman–Crippen LogP) is 3.69. The van der Waals surface area contributed by atoms with Gasteiger partial charge in [0.05, 0.1) is 0 Å².